The summed E-state index contributed by atoms with van der Waals surface area (Å²) >= 11 is 0. The number of hydrogen-bond donors (Lipinski definition) is 1. The zero-order valence-electron chi connectivity index (χ0n) is 9.61. The van der Waals surface area contributed by atoms with E-state index < -0.39 is 9.84 Å². The maximum Gasteiger partial charge on any atom is 0.153 e. The molecule has 0 saturated heterocycles. The minimum Gasteiger partial charge on any atom is -0.328 e. The molecule has 1 aliphatic carbocycles. The maximum atomic E-state index is 12.0. The number of nitrogens with two attached hydrogens (primary N) is 1. The van der Waals surface area contributed by atoms with Crippen molar-refractivity contribution in [2.45, 2.75) is 63.2 Å². The molecule has 3 nitrogen and oxygen atoms in total. The first-order valence-corrected chi connectivity index (χ1v) is 7.71. The molecule has 0 radical (unpaired) electrons. The molecule has 0 heterocycles. The Morgan fingerprint density at radius 3 is 2.20 bits per heavy atom. The fourth-order valence-corrected chi connectivity index (χ4v) is 4.20. The molecule has 0 aromatic carbocycles. The monoisotopic (exact) mass is 233 g/mol. The van der Waals surface area contributed by atoms with Crippen LogP contribution in [0.25, 0.3) is 0 Å². The molecule has 0 bridgehead atoms. The molecule has 1 unspecified atom stereocenters. The third kappa shape index (κ3) is 4.51. The molecule has 1 fully saturated rings. The van der Waals surface area contributed by atoms with Gasteiger partial charge in [-0.2, -0.15) is 0 Å². The lowest BCUT2D eigenvalue weighted by Gasteiger charge is -2.15. The van der Waals surface area contributed by atoms with Crippen LogP contribution < -0.4 is 5.73 Å². The lowest BCUT2D eigenvalue weighted by Crippen LogP contribution is -2.27. The number of rotatable bonds is 4. The van der Waals surface area contributed by atoms with Crippen LogP contribution in [-0.4, -0.2) is 25.5 Å². The van der Waals surface area contributed by atoms with Crippen molar-refractivity contribution >= 4 is 9.84 Å². The summed E-state index contributed by atoms with van der Waals surface area (Å²) in [5.41, 5.74) is 5.60. The highest BCUT2D eigenvalue weighted by Crippen LogP contribution is 2.23. The van der Waals surface area contributed by atoms with E-state index in [4.69, 9.17) is 5.73 Å². The fourth-order valence-electron chi connectivity index (χ4n) is 2.12. The van der Waals surface area contributed by atoms with Gasteiger partial charge in [0.2, 0.25) is 0 Å². The third-order valence-electron chi connectivity index (χ3n) is 3.17. The Balaban J connectivity index is 2.51. The van der Waals surface area contributed by atoms with Gasteiger partial charge in [0.05, 0.1) is 11.0 Å². The molecule has 1 atom stereocenters. The van der Waals surface area contributed by atoms with Gasteiger partial charge in [-0.05, 0) is 26.2 Å². The first kappa shape index (κ1) is 13.0. The van der Waals surface area contributed by atoms with Crippen LogP contribution >= 0.6 is 0 Å². The molecule has 0 spiro atoms. The molecule has 0 amide bonds. The lowest BCUT2D eigenvalue weighted by atomic mass is 10.2. The topological polar surface area (TPSA) is 60.2 Å². The maximum absolute atomic E-state index is 12.0. The zero-order valence-corrected chi connectivity index (χ0v) is 10.4. The van der Waals surface area contributed by atoms with Gasteiger partial charge in [0.25, 0.3) is 0 Å². The van der Waals surface area contributed by atoms with Crippen molar-refractivity contribution in [1.29, 1.82) is 0 Å². The van der Waals surface area contributed by atoms with Crippen molar-refractivity contribution in [3.63, 3.8) is 0 Å². The first-order valence-electron chi connectivity index (χ1n) is 5.99. The van der Waals surface area contributed by atoms with E-state index in [9.17, 15) is 8.42 Å². The van der Waals surface area contributed by atoms with Crippen LogP contribution in [0, 0.1) is 0 Å². The van der Waals surface area contributed by atoms with E-state index in [1.165, 1.54) is 12.8 Å². The van der Waals surface area contributed by atoms with Gasteiger partial charge in [-0.1, -0.05) is 25.7 Å². The van der Waals surface area contributed by atoms with Crippen LogP contribution in [0.5, 0.6) is 0 Å². The van der Waals surface area contributed by atoms with Gasteiger partial charge < -0.3 is 5.73 Å². The molecule has 0 aromatic rings. The van der Waals surface area contributed by atoms with E-state index in [1.54, 1.807) is 0 Å². The highest BCUT2D eigenvalue weighted by molar-refractivity contribution is 7.92. The van der Waals surface area contributed by atoms with Gasteiger partial charge in [-0.25, -0.2) is 8.42 Å². The highest BCUT2D eigenvalue weighted by atomic mass is 32.2. The first-order chi connectivity index (χ1) is 7.02. The fraction of sp³-hybridized carbons (Fsp3) is 1.00. The van der Waals surface area contributed by atoms with Gasteiger partial charge in [0.15, 0.2) is 9.84 Å². The Labute approximate surface area is 93.3 Å². The molecular weight excluding hydrogens is 210 g/mol. The minimum atomic E-state index is -2.88. The van der Waals surface area contributed by atoms with Crippen LogP contribution in [0.15, 0.2) is 0 Å². The smallest absolute Gasteiger partial charge is 0.153 e. The van der Waals surface area contributed by atoms with Crippen molar-refractivity contribution in [2.75, 3.05) is 5.75 Å². The molecule has 2 N–H and O–H groups in total. The molecular formula is C11H23NO2S. The van der Waals surface area contributed by atoms with E-state index in [1.807, 2.05) is 6.92 Å². The lowest BCUT2D eigenvalue weighted by molar-refractivity contribution is 0.556. The van der Waals surface area contributed by atoms with Crippen LogP contribution in [0.4, 0.5) is 0 Å². The van der Waals surface area contributed by atoms with E-state index in [0.29, 0.717) is 6.42 Å². The third-order valence-corrected chi connectivity index (χ3v) is 5.46. The molecule has 0 aromatic heterocycles. The Bertz CT molecular complexity index is 264. The van der Waals surface area contributed by atoms with E-state index >= 15 is 0 Å². The van der Waals surface area contributed by atoms with Gasteiger partial charge in [-0.3, -0.25) is 0 Å². The van der Waals surface area contributed by atoms with Crippen LogP contribution in [0.1, 0.15) is 51.9 Å². The Morgan fingerprint density at radius 2 is 1.73 bits per heavy atom. The second-order valence-corrected chi connectivity index (χ2v) is 7.15. The molecule has 0 aliphatic heterocycles. The summed E-state index contributed by atoms with van der Waals surface area (Å²) in [5.74, 6) is 0.273. The van der Waals surface area contributed by atoms with Crippen LogP contribution in [-0.2, 0) is 9.84 Å². The molecule has 1 rings (SSSR count). The van der Waals surface area contributed by atoms with Gasteiger partial charge in [0.1, 0.15) is 0 Å². The standard InChI is InChI=1S/C11H23NO2S/c1-10(12)8-9-15(13,14)11-6-4-2-3-5-7-11/h10-11H,2-9,12H2,1H3. The summed E-state index contributed by atoms with van der Waals surface area (Å²) in [6.45, 7) is 1.86. The Morgan fingerprint density at radius 1 is 1.20 bits per heavy atom. The van der Waals surface area contributed by atoms with Gasteiger partial charge in [0, 0.05) is 6.04 Å². The van der Waals surface area contributed by atoms with Crippen molar-refractivity contribution in [3.05, 3.63) is 0 Å². The van der Waals surface area contributed by atoms with Crippen molar-refractivity contribution < 1.29 is 8.42 Å². The SMILES string of the molecule is CC(N)CCS(=O)(=O)C1CCCCCC1. The Kier molecular flexibility index (Phi) is 5.06. The van der Waals surface area contributed by atoms with E-state index in [2.05, 4.69) is 0 Å². The normalized spacial score (nSPS) is 22.3. The molecule has 1 aliphatic rings. The molecule has 15 heavy (non-hydrogen) atoms. The van der Waals surface area contributed by atoms with E-state index in [0.717, 1.165) is 25.7 Å². The Hall–Kier alpha value is -0.0900. The summed E-state index contributed by atoms with van der Waals surface area (Å²) in [4.78, 5) is 0. The zero-order chi connectivity index (χ0) is 11.3. The minimum absolute atomic E-state index is 0.00875. The summed E-state index contributed by atoms with van der Waals surface area (Å²) in [6.07, 6.45) is 6.85. The summed E-state index contributed by atoms with van der Waals surface area (Å²) in [5, 5.41) is -0.0845. The number of sulfone groups is 1. The second-order valence-electron chi connectivity index (χ2n) is 4.75. The summed E-state index contributed by atoms with van der Waals surface area (Å²) in [6, 6.07) is -0.00875. The molecule has 1 saturated carbocycles. The molecule has 4 heteroatoms. The second kappa shape index (κ2) is 5.85. The van der Waals surface area contributed by atoms with Gasteiger partial charge in [-0.15, -0.1) is 0 Å². The summed E-state index contributed by atoms with van der Waals surface area (Å²) in [7, 11) is -2.88. The van der Waals surface area contributed by atoms with Crippen LogP contribution in [0.3, 0.4) is 0 Å². The molecule has 90 valence electrons. The van der Waals surface area contributed by atoms with Crippen molar-refractivity contribution in [3.8, 4) is 0 Å². The van der Waals surface area contributed by atoms with Crippen molar-refractivity contribution in [2.24, 2.45) is 5.73 Å². The van der Waals surface area contributed by atoms with Gasteiger partial charge >= 0.3 is 0 Å². The van der Waals surface area contributed by atoms with E-state index in [-0.39, 0.29) is 17.0 Å². The highest BCUT2D eigenvalue weighted by Gasteiger charge is 2.25. The number of hydrogen-bond acceptors (Lipinski definition) is 3. The largest absolute Gasteiger partial charge is 0.328 e. The predicted molar refractivity (Wildman–Crippen MR) is 63.5 cm³/mol. The predicted octanol–water partition coefficient (Wildman–Crippen LogP) is 1.86. The van der Waals surface area contributed by atoms with Crippen molar-refractivity contribution in [1.82, 2.24) is 0 Å². The quantitative estimate of drug-likeness (QED) is 0.754. The van der Waals surface area contributed by atoms with Crippen LogP contribution in [0.2, 0.25) is 0 Å². The average molecular weight is 233 g/mol. The summed E-state index contributed by atoms with van der Waals surface area (Å²) < 4.78 is 24.0. The average Bonchev–Trinajstić information content (AvgIpc) is 2.43.